The van der Waals surface area contributed by atoms with Crippen molar-refractivity contribution in [3.05, 3.63) is 35.4 Å². The zero-order chi connectivity index (χ0) is 19.3. The van der Waals surface area contributed by atoms with Gasteiger partial charge in [0, 0.05) is 4.48 Å². The zero-order valence-corrected chi connectivity index (χ0v) is 19.0. The van der Waals surface area contributed by atoms with Crippen molar-refractivity contribution in [1.29, 1.82) is 0 Å². The minimum absolute atomic E-state index is 0.147. The minimum Gasteiger partial charge on any atom is -0.414 e. The van der Waals surface area contributed by atoms with Crippen molar-refractivity contribution in [3.8, 4) is 0 Å². The van der Waals surface area contributed by atoms with Crippen LogP contribution in [-0.2, 0) is 18.6 Å². The van der Waals surface area contributed by atoms with E-state index in [0.29, 0.717) is 19.8 Å². The SMILES string of the molecule is C=C(C)CO[C@@H]1C=C[C@H](OCC(=C)Br)[C@@H](CO[Si](C)(C)C(C)(C)C)O1. The second-order valence-electron chi connectivity index (χ2n) is 8.06. The fourth-order valence-corrected chi connectivity index (χ4v) is 3.08. The van der Waals surface area contributed by atoms with Gasteiger partial charge in [-0.05, 0) is 31.1 Å². The standard InChI is InChI=1S/C19H33BrO4Si/c1-14(2)11-22-18-10-9-16(21-12-15(3)20)17(24-18)13-23-25(7,8)19(4,5)6/h9-10,16-18H,1,3,11-13H2,2,4-8H3/t16-,17+,18-/m0/s1. The first kappa shape index (κ1) is 22.8. The lowest BCUT2D eigenvalue weighted by Crippen LogP contribution is -2.47. The van der Waals surface area contributed by atoms with E-state index in [-0.39, 0.29) is 17.2 Å². The van der Waals surface area contributed by atoms with Crippen LogP contribution in [-0.4, -0.2) is 46.6 Å². The van der Waals surface area contributed by atoms with Crippen LogP contribution >= 0.6 is 15.9 Å². The highest BCUT2D eigenvalue weighted by atomic mass is 79.9. The first-order valence-electron chi connectivity index (χ1n) is 8.61. The summed E-state index contributed by atoms with van der Waals surface area (Å²) >= 11 is 3.33. The Morgan fingerprint density at radius 3 is 2.32 bits per heavy atom. The highest BCUT2D eigenvalue weighted by Crippen LogP contribution is 2.37. The molecule has 0 fully saturated rings. The molecule has 6 heteroatoms. The molecule has 0 aliphatic carbocycles. The predicted molar refractivity (Wildman–Crippen MR) is 110 cm³/mol. The Balaban J connectivity index is 2.75. The summed E-state index contributed by atoms with van der Waals surface area (Å²) in [5.41, 5.74) is 0.958. The molecule has 0 N–H and O–H groups in total. The van der Waals surface area contributed by atoms with E-state index >= 15 is 0 Å². The number of hydrogen-bond donors (Lipinski definition) is 0. The van der Waals surface area contributed by atoms with Crippen molar-refractivity contribution in [3.63, 3.8) is 0 Å². The normalized spacial score (nSPS) is 24.4. The molecule has 0 aromatic carbocycles. The number of rotatable bonds is 9. The highest BCUT2D eigenvalue weighted by molar-refractivity contribution is 9.11. The van der Waals surface area contributed by atoms with Crippen molar-refractivity contribution >= 4 is 24.2 Å². The maximum absolute atomic E-state index is 6.34. The molecule has 144 valence electrons. The van der Waals surface area contributed by atoms with Gasteiger partial charge in [-0.3, -0.25) is 0 Å². The summed E-state index contributed by atoms with van der Waals surface area (Å²) in [5, 5.41) is 0.147. The van der Waals surface area contributed by atoms with Crippen molar-refractivity contribution in [2.24, 2.45) is 0 Å². The van der Waals surface area contributed by atoms with Crippen molar-refractivity contribution in [2.45, 2.75) is 64.3 Å². The van der Waals surface area contributed by atoms with E-state index in [1.165, 1.54) is 0 Å². The summed E-state index contributed by atoms with van der Waals surface area (Å²) in [6.45, 7) is 22.1. The molecule has 3 atom stereocenters. The lowest BCUT2D eigenvalue weighted by Gasteiger charge is -2.39. The summed E-state index contributed by atoms with van der Waals surface area (Å²) in [5.74, 6) is 0. The Bertz CT molecular complexity index is 496. The smallest absolute Gasteiger partial charge is 0.192 e. The Kier molecular flexibility index (Phi) is 8.77. The predicted octanol–water partition coefficient (Wildman–Crippen LogP) is 5.18. The van der Waals surface area contributed by atoms with Gasteiger partial charge < -0.3 is 18.6 Å². The molecular formula is C19H33BrO4Si. The molecule has 0 spiro atoms. The molecule has 0 bridgehead atoms. The Labute approximate surface area is 162 Å². The van der Waals surface area contributed by atoms with Gasteiger partial charge in [0.15, 0.2) is 14.6 Å². The molecule has 0 aromatic rings. The quantitative estimate of drug-likeness (QED) is 0.371. The molecule has 0 saturated heterocycles. The first-order valence-corrected chi connectivity index (χ1v) is 12.3. The molecule has 25 heavy (non-hydrogen) atoms. The number of halogens is 1. The lowest BCUT2D eigenvalue weighted by atomic mass is 10.1. The lowest BCUT2D eigenvalue weighted by molar-refractivity contribution is -0.181. The van der Waals surface area contributed by atoms with Gasteiger partial charge in [0.05, 0.1) is 19.8 Å². The Morgan fingerprint density at radius 2 is 1.80 bits per heavy atom. The average molecular weight is 433 g/mol. The molecule has 0 unspecified atom stereocenters. The van der Waals surface area contributed by atoms with Crippen LogP contribution in [0.15, 0.2) is 35.4 Å². The van der Waals surface area contributed by atoms with Crippen molar-refractivity contribution in [1.82, 2.24) is 0 Å². The highest BCUT2D eigenvalue weighted by Gasteiger charge is 2.39. The van der Waals surface area contributed by atoms with Gasteiger partial charge >= 0.3 is 0 Å². The topological polar surface area (TPSA) is 36.9 Å². The van der Waals surface area contributed by atoms with E-state index in [2.05, 4.69) is 63.0 Å². The van der Waals surface area contributed by atoms with Gasteiger partial charge in [-0.2, -0.15) is 0 Å². The maximum atomic E-state index is 6.34. The van der Waals surface area contributed by atoms with Gasteiger partial charge in [-0.1, -0.05) is 61.5 Å². The van der Waals surface area contributed by atoms with Gasteiger partial charge in [0.2, 0.25) is 0 Å². The van der Waals surface area contributed by atoms with Gasteiger partial charge in [0.25, 0.3) is 0 Å². The van der Waals surface area contributed by atoms with Crippen LogP contribution in [0.5, 0.6) is 0 Å². The first-order chi connectivity index (χ1) is 11.4. The third-order valence-electron chi connectivity index (χ3n) is 4.47. The van der Waals surface area contributed by atoms with Gasteiger partial charge in [-0.15, -0.1) is 0 Å². The van der Waals surface area contributed by atoms with E-state index in [9.17, 15) is 0 Å². The molecule has 0 saturated carbocycles. The monoisotopic (exact) mass is 432 g/mol. The molecule has 1 aliphatic rings. The third-order valence-corrected chi connectivity index (χ3v) is 9.20. The second kappa shape index (κ2) is 9.62. The summed E-state index contributed by atoms with van der Waals surface area (Å²) in [6.07, 6.45) is 3.05. The van der Waals surface area contributed by atoms with Crippen molar-refractivity contribution < 1.29 is 18.6 Å². The van der Waals surface area contributed by atoms with E-state index in [0.717, 1.165) is 10.1 Å². The fraction of sp³-hybridized carbons (Fsp3) is 0.684. The summed E-state index contributed by atoms with van der Waals surface area (Å²) in [4.78, 5) is 0. The third kappa shape index (κ3) is 7.89. The summed E-state index contributed by atoms with van der Waals surface area (Å²) < 4.78 is 24.8. The van der Waals surface area contributed by atoms with E-state index in [4.69, 9.17) is 18.6 Å². The van der Waals surface area contributed by atoms with Crippen LogP contribution < -0.4 is 0 Å². The fourth-order valence-electron chi connectivity index (χ4n) is 1.93. The second-order valence-corrected chi connectivity index (χ2v) is 14.0. The summed E-state index contributed by atoms with van der Waals surface area (Å²) in [6, 6.07) is 0. The number of ether oxygens (including phenoxy) is 3. The van der Waals surface area contributed by atoms with Gasteiger partial charge in [-0.25, -0.2) is 0 Å². The van der Waals surface area contributed by atoms with Crippen LogP contribution in [0.3, 0.4) is 0 Å². The van der Waals surface area contributed by atoms with E-state index in [1.54, 1.807) is 0 Å². The van der Waals surface area contributed by atoms with Crippen LogP contribution in [0.2, 0.25) is 18.1 Å². The van der Waals surface area contributed by atoms with E-state index in [1.807, 2.05) is 19.1 Å². The van der Waals surface area contributed by atoms with Crippen molar-refractivity contribution in [2.75, 3.05) is 19.8 Å². The van der Waals surface area contributed by atoms with E-state index < -0.39 is 14.6 Å². The van der Waals surface area contributed by atoms with Crippen LogP contribution in [0.4, 0.5) is 0 Å². The molecule has 0 radical (unpaired) electrons. The molecular weight excluding hydrogens is 400 g/mol. The summed E-state index contributed by atoms with van der Waals surface area (Å²) in [7, 11) is -1.86. The largest absolute Gasteiger partial charge is 0.414 e. The molecule has 0 amide bonds. The van der Waals surface area contributed by atoms with Crippen LogP contribution in [0.25, 0.3) is 0 Å². The maximum Gasteiger partial charge on any atom is 0.192 e. The number of hydrogen-bond acceptors (Lipinski definition) is 4. The average Bonchev–Trinajstić information content (AvgIpc) is 2.48. The molecule has 1 rings (SSSR count). The molecule has 4 nitrogen and oxygen atoms in total. The minimum atomic E-state index is -1.86. The van der Waals surface area contributed by atoms with Crippen LogP contribution in [0, 0.1) is 0 Å². The zero-order valence-electron chi connectivity index (χ0n) is 16.4. The molecule has 1 heterocycles. The Morgan fingerprint density at radius 1 is 1.16 bits per heavy atom. The van der Waals surface area contributed by atoms with Crippen LogP contribution in [0.1, 0.15) is 27.7 Å². The van der Waals surface area contributed by atoms with Gasteiger partial charge in [0.1, 0.15) is 12.2 Å². The Hall–Kier alpha value is -0.243. The molecule has 0 aromatic heterocycles. The molecule has 1 aliphatic heterocycles.